The fourth-order valence-electron chi connectivity index (χ4n) is 2.81. The first-order valence-corrected chi connectivity index (χ1v) is 5.98. The number of carbonyl (C=O) groups is 1. The fraction of sp³-hybridized carbons (Fsp3) is 0.500. The molecule has 2 heteroatoms. The number of fused-ring (bicyclic) bond motifs is 1. The third kappa shape index (κ3) is 2.26. The van der Waals surface area contributed by atoms with Gasteiger partial charge in [-0.05, 0) is 55.2 Å². The van der Waals surface area contributed by atoms with Crippen LogP contribution in [0, 0.1) is 6.92 Å². The van der Waals surface area contributed by atoms with E-state index < -0.39 is 5.97 Å². The lowest BCUT2D eigenvalue weighted by molar-refractivity contribution is -0.137. The van der Waals surface area contributed by atoms with E-state index in [-0.39, 0.29) is 0 Å². The maximum Gasteiger partial charge on any atom is 0.303 e. The average molecular weight is 218 g/mol. The molecule has 1 N–H and O–H groups in total. The number of carboxylic acid groups (broad SMARTS) is 1. The van der Waals surface area contributed by atoms with Gasteiger partial charge >= 0.3 is 5.97 Å². The molecule has 16 heavy (non-hydrogen) atoms. The minimum Gasteiger partial charge on any atom is -0.481 e. The number of hydrogen-bond acceptors (Lipinski definition) is 1. The molecule has 2 nitrogen and oxygen atoms in total. The Labute approximate surface area is 96.3 Å². The van der Waals surface area contributed by atoms with Crippen LogP contribution in [-0.2, 0) is 11.2 Å². The van der Waals surface area contributed by atoms with Crippen LogP contribution in [0.4, 0.5) is 0 Å². The molecule has 0 amide bonds. The summed E-state index contributed by atoms with van der Waals surface area (Å²) < 4.78 is 0. The number of benzene rings is 1. The summed E-state index contributed by atoms with van der Waals surface area (Å²) in [6.07, 6.45) is 4.57. The highest BCUT2D eigenvalue weighted by atomic mass is 16.4. The molecule has 0 heterocycles. The third-order valence-electron chi connectivity index (χ3n) is 3.53. The van der Waals surface area contributed by atoms with Gasteiger partial charge in [-0.2, -0.15) is 0 Å². The van der Waals surface area contributed by atoms with Gasteiger partial charge in [0.2, 0.25) is 0 Å². The molecule has 0 spiro atoms. The first-order valence-electron chi connectivity index (χ1n) is 5.98. The molecule has 1 unspecified atom stereocenters. The van der Waals surface area contributed by atoms with Crippen LogP contribution < -0.4 is 0 Å². The van der Waals surface area contributed by atoms with Gasteiger partial charge in [0.05, 0.1) is 0 Å². The predicted molar refractivity (Wildman–Crippen MR) is 63.7 cm³/mol. The molecule has 1 aromatic carbocycles. The van der Waals surface area contributed by atoms with Gasteiger partial charge in [0.1, 0.15) is 0 Å². The van der Waals surface area contributed by atoms with Crippen molar-refractivity contribution in [3.63, 3.8) is 0 Å². The molecule has 2 rings (SSSR count). The minimum absolute atomic E-state index is 0.290. The van der Waals surface area contributed by atoms with Gasteiger partial charge in [-0.15, -0.1) is 0 Å². The fourth-order valence-corrected chi connectivity index (χ4v) is 2.81. The Bertz CT molecular complexity index is 396. The highest BCUT2D eigenvalue weighted by Crippen LogP contribution is 2.36. The van der Waals surface area contributed by atoms with Crippen LogP contribution in [0.5, 0.6) is 0 Å². The first kappa shape index (κ1) is 11.2. The Balaban J connectivity index is 2.21. The maximum atomic E-state index is 10.6. The van der Waals surface area contributed by atoms with Crippen LogP contribution in [0.2, 0.25) is 0 Å². The van der Waals surface area contributed by atoms with Crippen molar-refractivity contribution in [2.24, 2.45) is 0 Å². The largest absolute Gasteiger partial charge is 0.481 e. The van der Waals surface area contributed by atoms with E-state index in [4.69, 9.17) is 5.11 Å². The third-order valence-corrected chi connectivity index (χ3v) is 3.53. The quantitative estimate of drug-likeness (QED) is 0.845. The summed E-state index contributed by atoms with van der Waals surface area (Å²) in [4.78, 5) is 10.6. The lowest BCUT2D eigenvalue weighted by atomic mass is 9.78. The van der Waals surface area contributed by atoms with E-state index >= 15 is 0 Å². The second-order valence-electron chi connectivity index (χ2n) is 4.67. The normalized spacial score (nSPS) is 19.2. The summed E-state index contributed by atoms with van der Waals surface area (Å²) in [5.74, 6) is -0.221. The molecule has 1 atom stereocenters. The van der Waals surface area contributed by atoms with Crippen molar-refractivity contribution >= 4 is 5.97 Å². The van der Waals surface area contributed by atoms with Crippen molar-refractivity contribution in [2.45, 2.75) is 44.9 Å². The van der Waals surface area contributed by atoms with Gasteiger partial charge in [-0.25, -0.2) is 0 Å². The molecule has 0 bridgehead atoms. The van der Waals surface area contributed by atoms with Gasteiger partial charge in [0.25, 0.3) is 0 Å². The number of aryl methyl sites for hydroxylation is 2. The highest BCUT2D eigenvalue weighted by molar-refractivity contribution is 5.66. The summed E-state index contributed by atoms with van der Waals surface area (Å²) in [5.41, 5.74) is 4.18. The molecule has 1 aliphatic rings. The van der Waals surface area contributed by atoms with E-state index in [1.54, 1.807) is 0 Å². The standard InChI is InChI=1S/C14H18O2/c1-10-4-2-5-11-6-3-7-12(14(10)11)8-9-13(15)16/h2,4-5,12H,3,6-9H2,1H3,(H,15,16). The molecule has 0 saturated heterocycles. The number of rotatable bonds is 3. The van der Waals surface area contributed by atoms with Crippen molar-refractivity contribution in [3.8, 4) is 0 Å². The minimum atomic E-state index is -0.680. The monoisotopic (exact) mass is 218 g/mol. The maximum absolute atomic E-state index is 10.6. The Morgan fingerprint density at radius 3 is 3.06 bits per heavy atom. The zero-order chi connectivity index (χ0) is 11.5. The van der Waals surface area contributed by atoms with E-state index in [1.165, 1.54) is 23.1 Å². The van der Waals surface area contributed by atoms with Crippen molar-refractivity contribution in [1.82, 2.24) is 0 Å². The first-order chi connectivity index (χ1) is 7.68. The SMILES string of the molecule is Cc1cccc2c1C(CCC(=O)O)CCC2. The summed E-state index contributed by atoms with van der Waals surface area (Å²) in [5, 5.41) is 8.76. The number of hydrogen-bond donors (Lipinski definition) is 1. The molecule has 86 valence electrons. The van der Waals surface area contributed by atoms with Crippen LogP contribution in [0.25, 0.3) is 0 Å². The summed E-state index contributed by atoms with van der Waals surface area (Å²) in [6.45, 7) is 2.14. The van der Waals surface area contributed by atoms with Crippen LogP contribution in [0.3, 0.4) is 0 Å². The molecule has 1 aliphatic carbocycles. The van der Waals surface area contributed by atoms with Crippen molar-refractivity contribution in [3.05, 3.63) is 34.9 Å². The lowest BCUT2D eigenvalue weighted by Gasteiger charge is -2.27. The van der Waals surface area contributed by atoms with Crippen molar-refractivity contribution in [1.29, 1.82) is 0 Å². The van der Waals surface area contributed by atoms with Gasteiger partial charge in [-0.3, -0.25) is 4.79 Å². The molecular formula is C14H18O2. The molecule has 0 aliphatic heterocycles. The molecule has 1 aromatic rings. The smallest absolute Gasteiger partial charge is 0.303 e. The highest BCUT2D eigenvalue weighted by Gasteiger charge is 2.22. The van der Waals surface area contributed by atoms with E-state index in [2.05, 4.69) is 25.1 Å². The number of carboxylic acids is 1. The van der Waals surface area contributed by atoms with Crippen molar-refractivity contribution in [2.75, 3.05) is 0 Å². The summed E-state index contributed by atoms with van der Waals surface area (Å²) in [6, 6.07) is 6.43. The van der Waals surface area contributed by atoms with E-state index in [1.807, 2.05) is 0 Å². The van der Waals surface area contributed by atoms with Crippen LogP contribution in [-0.4, -0.2) is 11.1 Å². The number of aliphatic carboxylic acids is 1. The van der Waals surface area contributed by atoms with E-state index in [9.17, 15) is 4.79 Å². The second-order valence-corrected chi connectivity index (χ2v) is 4.67. The van der Waals surface area contributed by atoms with E-state index in [0.717, 1.165) is 19.3 Å². The zero-order valence-corrected chi connectivity index (χ0v) is 9.70. The molecule has 0 fully saturated rings. The lowest BCUT2D eigenvalue weighted by Crippen LogP contribution is -2.13. The topological polar surface area (TPSA) is 37.3 Å². The summed E-state index contributed by atoms with van der Waals surface area (Å²) in [7, 11) is 0. The Morgan fingerprint density at radius 1 is 1.50 bits per heavy atom. The molecule has 0 radical (unpaired) electrons. The Morgan fingerprint density at radius 2 is 2.31 bits per heavy atom. The van der Waals surface area contributed by atoms with Crippen molar-refractivity contribution < 1.29 is 9.90 Å². The van der Waals surface area contributed by atoms with E-state index in [0.29, 0.717) is 12.3 Å². The average Bonchev–Trinajstić information content (AvgIpc) is 2.26. The Hall–Kier alpha value is -1.31. The zero-order valence-electron chi connectivity index (χ0n) is 9.70. The van der Waals surface area contributed by atoms with Gasteiger partial charge in [0.15, 0.2) is 0 Å². The van der Waals surface area contributed by atoms with Crippen LogP contribution in [0.15, 0.2) is 18.2 Å². The van der Waals surface area contributed by atoms with Gasteiger partial charge < -0.3 is 5.11 Å². The second kappa shape index (κ2) is 4.69. The van der Waals surface area contributed by atoms with Crippen LogP contribution in [0.1, 0.15) is 48.3 Å². The molecule has 0 aromatic heterocycles. The Kier molecular flexibility index (Phi) is 3.28. The summed E-state index contributed by atoms with van der Waals surface area (Å²) >= 11 is 0. The van der Waals surface area contributed by atoms with Gasteiger partial charge in [-0.1, -0.05) is 18.2 Å². The van der Waals surface area contributed by atoms with Crippen LogP contribution >= 0.6 is 0 Å². The molecule has 0 saturated carbocycles. The molecular weight excluding hydrogens is 200 g/mol. The van der Waals surface area contributed by atoms with Gasteiger partial charge in [0, 0.05) is 6.42 Å². The predicted octanol–water partition coefficient (Wildman–Crippen LogP) is 3.28.